The van der Waals surface area contributed by atoms with Crippen molar-refractivity contribution < 1.29 is 0 Å². The number of nitrogens with zero attached hydrogens (tertiary/aromatic N) is 3. The number of nitrogens with one attached hydrogen (secondary N) is 3. The first kappa shape index (κ1) is 10.5. The summed E-state index contributed by atoms with van der Waals surface area (Å²) in [6.07, 6.45) is 7.67. The third kappa shape index (κ3) is 2.08. The van der Waals surface area contributed by atoms with Gasteiger partial charge in [-0.1, -0.05) is 18.2 Å². The number of pyridine rings is 1. The highest BCUT2D eigenvalue weighted by Gasteiger charge is 2.13. The van der Waals surface area contributed by atoms with E-state index in [9.17, 15) is 0 Å². The van der Waals surface area contributed by atoms with Crippen molar-refractivity contribution in [3.8, 4) is 0 Å². The predicted octanol–water partition coefficient (Wildman–Crippen LogP) is 0.293. The molecular weight excluding hydrogens is 228 g/mol. The molecule has 0 aromatic carbocycles. The van der Waals surface area contributed by atoms with Crippen molar-refractivity contribution in [1.82, 2.24) is 21.2 Å². The van der Waals surface area contributed by atoms with Gasteiger partial charge in [-0.3, -0.25) is 15.8 Å². The Labute approximate surface area is 104 Å². The molecule has 0 fully saturated rings. The van der Waals surface area contributed by atoms with E-state index < -0.39 is 0 Å². The monoisotopic (exact) mass is 240 g/mol. The van der Waals surface area contributed by atoms with Crippen LogP contribution in [0.15, 0.2) is 58.5 Å². The number of amidine groups is 2. The van der Waals surface area contributed by atoms with Crippen molar-refractivity contribution in [2.45, 2.75) is 0 Å². The summed E-state index contributed by atoms with van der Waals surface area (Å²) in [5, 5.41) is 11.6. The van der Waals surface area contributed by atoms with Gasteiger partial charge in [0.05, 0.1) is 5.70 Å². The number of allylic oxidation sites excluding steroid dienone is 2. The van der Waals surface area contributed by atoms with E-state index in [1.807, 2.05) is 36.4 Å². The number of rotatable bonds is 2. The van der Waals surface area contributed by atoms with Gasteiger partial charge in [0.2, 0.25) is 0 Å². The fourth-order valence-electron chi connectivity index (χ4n) is 1.63. The highest BCUT2D eigenvalue weighted by Crippen LogP contribution is 2.02. The zero-order valence-electron chi connectivity index (χ0n) is 9.59. The average molecular weight is 240 g/mol. The first-order chi connectivity index (χ1) is 8.93. The van der Waals surface area contributed by atoms with Gasteiger partial charge in [-0.05, 0) is 18.2 Å². The van der Waals surface area contributed by atoms with Crippen molar-refractivity contribution in [2.24, 2.45) is 10.2 Å². The Bertz CT molecular complexity index is 555. The minimum absolute atomic E-state index is 0.603. The second-order valence-corrected chi connectivity index (χ2v) is 3.75. The van der Waals surface area contributed by atoms with Crippen LogP contribution in [0.5, 0.6) is 0 Å². The van der Waals surface area contributed by atoms with Gasteiger partial charge in [0.1, 0.15) is 5.69 Å². The zero-order chi connectivity index (χ0) is 12.2. The van der Waals surface area contributed by atoms with Crippen LogP contribution in [-0.4, -0.2) is 23.2 Å². The van der Waals surface area contributed by atoms with Gasteiger partial charge < -0.3 is 5.32 Å². The predicted molar refractivity (Wildman–Crippen MR) is 69.7 cm³/mol. The first-order valence-electron chi connectivity index (χ1n) is 5.63. The summed E-state index contributed by atoms with van der Waals surface area (Å²) in [4.78, 5) is 4.20. The maximum absolute atomic E-state index is 4.23. The van der Waals surface area contributed by atoms with E-state index in [2.05, 4.69) is 31.4 Å². The molecule has 90 valence electrons. The lowest BCUT2D eigenvalue weighted by atomic mass is 10.3. The number of hydrogen-bond donors (Lipinski definition) is 3. The molecule has 6 heteroatoms. The molecule has 0 spiro atoms. The van der Waals surface area contributed by atoms with Gasteiger partial charge in [-0.25, -0.2) is 0 Å². The second kappa shape index (κ2) is 4.70. The quantitative estimate of drug-likeness (QED) is 0.695. The van der Waals surface area contributed by atoms with Crippen LogP contribution in [0.3, 0.4) is 0 Å². The lowest BCUT2D eigenvalue weighted by Gasteiger charge is -2.18. The Kier molecular flexibility index (Phi) is 2.75. The molecule has 1 aromatic rings. The topological polar surface area (TPSA) is 73.7 Å². The summed E-state index contributed by atoms with van der Waals surface area (Å²) in [6.45, 7) is 0.795. The molecular formula is C12H12N6. The smallest absolute Gasteiger partial charge is 0.192 e. The van der Waals surface area contributed by atoms with Crippen LogP contribution in [0, 0.1) is 0 Å². The van der Waals surface area contributed by atoms with Gasteiger partial charge in [-0.2, -0.15) is 10.2 Å². The molecule has 2 aliphatic rings. The van der Waals surface area contributed by atoms with Gasteiger partial charge in [-0.15, -0.1) is 0 Å². The lowest BCUT2D eigenvalue weighted by molar-refractivity contribution is 0.841. The van der Waals surface area contributed by atoms with Gasteiger partial charge in [0.15, 0.2) is 11.7 Å². The van der Waals surface area contributed by atoms with Crippen LogP contribution in [0.25, 0.3) is 0 Å². The van der Waals surface area contributed by atoms with Crippen molar-refractivity contribution in [3.63, 3.8) is 0 Å². The number of hydrogen-bond acceptors (Lipinski definition) is 6. The van der Waals surface area contributed by atoms with Crippen LogP contribution in [0.1, 0.15) is 5.69 Å². The van der Waals surface area contributed by atoms with Crippen molar-refractivity contribution in [1.29, 1.82) is 0 Å². The highest BCUT2D eigenvalue weighted by atomic mass is 15.5. The third-order valence-electron chi connectivity index (χ3n) is 2.52. The maximum Gasteiger partial charge on any atom is 0.192 e. The minimum atomic E-state index is 0.603. The molecule has 0 aliphatic carbocycles. The van der Waals surface area contributed by atoms with Crippen molar-refractivity contribution in [2.75, 3.05) is 6.54 Å². The number of dihydropyridines is 1. The molecule has 0 saturated carbocycles. The van der Waals surface area contributed by atoms with E-state index in [4.69, 9.17) is 0 Å². The molecule has 0 bridgehead atoms. The number of aromatic nitrogens is 1. The van der Waals surface area contributed by atoms with E-state index in [1.54, 1.807) is 6.20 Å². The average Bonchev–Trinajstić information content (AvgIpc) is 2.49. The Morgan fingerprint density at radius 3 is 2.61 bits per heavy atom. The normalized spacial score (nSPS) is 17.7. The Morgan fingerprint density at radius 1 is 1.06 bits per heavy atom. The van der Waals surface area contributed by atoms with E-state index >= 15 is 0 Å². The molecule has 1 aromatic heterocycles. The summed E-state index contributed by atoms with van der Waals surface area (Å²) >= 11 is 0. The summed E-state index contributed by atoms with van der Waals surface area (Å²) in [6, 6.07) is 5.63. The summed E-state index contributed by atoms with van der Waals surface area (Å²) in [5.74, 6) is 1.27. The fraction of sp³-hybridized carbons (Fsp3) is 0.0833. The van der Waals surface area contributed by atoms with Crippen molar-refractivity contribution in [3.05, 3.63) is 54.0 Å². The van der Waals surface area contributed by atoms with Crippen LogP contribution in [0.4, 0.5) is 0 Å². The van der Waals surface area contributed by atoms with E-state index in [-0.39, 0.29) is 0 Å². The zero-order valence-corrected chi connectivity index (χ0v) is 9.59. The standard InChI is InChI=1S/C12H12N6/c1-3-7-13-9(5-1)11-15-17-12(18-16-11)10-6-2-4-8-14-10/h1-7,14H,8H2,(H,15,16)(H,17,18). The van der Waals surface area contributed by atoms with E-state index in [1.165, 1.54) is 0 Å². The first-order valence-corrected chi connectivity index (χ1v) is 5.63. The SMILES string of the molecule is C1=CCNC(C2=NNC(c3ccccn3)=NN2)=C1. The van der Waals surface area contributed by atoms with Crippen LogP contribution in [0.2, 0.25) is 0 Å². The largest absolute Gasteiger partial charge is 0.378 e. The summed E-state index contributed by atoms with van der Waals surface area (Å²) in [5.41, 5.74) is 7.46. The molecule has 0 amide bonds. The van der Waals surface area contributed by atoms with Crippen LogP contribution in [-0.2, 0) is 0 Å². The summed E-state index contributed by atoms with van der Waals surface area (Å²) in [7, 11) is 0. The molecule has 3 heterocycles. The molecule has 0 unspecified atom stereocenters. The highest BCUT2D eigenvalue weighted by molar-refractivity contribution is 6.04. The second-order valence-electron chi connectivity index (χ2n) is 3.75. The fourth-order valence-corrected chi connectivity index (χ4v) is 1.63. The minimum Gasteiger partial charge on any atom is -0.378 e. The Morgan fingerprint density at radius 2 is 1.94 bits per heavy atom. The van der Waals surface area contributed by atoms with Gasteiger partial charge in [0, 0.05) is 12.7 Å². The molecule has 3 N–H and O–H groups in total. The lowest BCUT2D eigenvalue weighted by Crippen LogP contribution is -2.39. The maximum atomic E-state index is 4.23. The molecule has 0 radical (unpaired) electrons. The molecule has 0 atom stereocenters. The van der Waals surface area contributed by atoms with E-state index in [0.717, 1.165) is 17.9 Å². The Balaban J connectivity index is 1.74. The molecule has 2 aliphatic heterocycles. The van der Waals surface area contributed by atoms with Gasteiger partial charge in [0.25, 0.3) is 0 Å². The van der Waals surface area contributed by atoms with Gasteiger partial charge >= 0.3 is 0 Å². The van der Waals surface area contributed by atoms with Crippen LogP contribution < -0.4 is 16.2 Å². The molecule has 3 rings (SSSR count). The molecule has 18 heavy (non-hydrogen) atoms. The third-order valence-corrected chi connectivity index (χ3v) is 2.52. The molecule has 0 saturated heterocycles. The number of hydrazone groups is 2. The Hall–Kier alpha value is -2.63. The molecule has 6 nitrogen and oxygen atoms in total. The van der Waals surface area contributed by atoms with Crippen molar-refractivity contribution >= 4 is 11.7 Å². The van der Waals surface area contributed by atoms with Crippen LogP contribution >= 0.6 is 0 Å². The van der Waals surface area contributed by atoms with E-state index in [0.29, 0.717) is 11.7 Å². The summed E-state index contributed by atoms with van der Waals surface area (Å²) < 4.78 is 0.